The van der Waals surface area contributed by atoms with Gasteiger partial charge in [0.05, 0.1) is 0 Å². The first-order chi connectivity index (χ1) is 13.8. The summed E-state index contributed by atoms with van der Waals surface area (Å²) < 4.78 is 11.5. The van der Waals surface area contributed by atoms with E-state index in [1.165, 1.54) is 10.7 Å². The van der Waals surface area contributed by atoms with Gasteiger partial charge in [-0.15, -0.1) is 0 Å². The van der Waals surface area contributed by atoms with Gasteiger partial charge in [-0.25, -0.2) is 0 Å². The van der Waals surface area contributed by atoms with Crippen molar-refractivity contribution >= 4 is 35.4 Å². The number of benzene rings is 3. The molecule has 1 saturated heterocycles. The van der Waals surface area contributed by atoms with E-state index >= 15 is 0 Å². The average Bonchev–Trinajstić information content (AvgIpc) is 3.21. The van der Waals surface area contributed by atoms with E-state index in [-0.39, 0.29) is 0 Å². The van der Waals surface area contributed by atoms with Gasteiger partial charge in [0.25, 0.3) is 0 Å². The Hall–Kier alpha value is -1.91. The molecular weight excluding hydrogens is 451 g/mol. The van der Waals surface area contributed by atoms with Crippen LogP contribution in [0.1, 0.15) is 6.42 Å². The maximum atomic E-state index is 11.2. The molecule has 3 aromatic carbocycles. The molecule has 2 atom stereocenters. The van der Waals surface area contributed by atoms with Crippen LogP contribution in [0.5, 0.6) is 0 Å². The Morgan fingerprint density at radius 1 is 0.714 bits per heavy atom. The Kier molecular flexibility index (Phi) is 6.28. The fourth-order valence-electron chi connectivity index (χ4n) is 4.67. The number of carbonyl (C=O) groups is 1. The van der Waals surface area contributed by atoms with Gasteiger partial charge in [0.2, 0.25) is 0 Å². The van der Waals surface area contributed by atoms with Crippen LogP contribution in [0.25, 0.3) is 0 Å². The SMILES string of the molecule is O=CC[C@@H]1COC[C@H]1[CH2][Sn]([c]1ccccc1)([c]1ccccc1)[c]1ccccc1. The molecule has 142 valence electrons. The van der Waals surface area contributed by atoms with Gasteiger partial charge in [-0.05, 0) is 0 Å². The van der Waals surface area contributed by atoms with E-state index in [0.29, 0.717) is 24.9 Å². The minimum atomic E-state index is -3.27. The van der Waals surface area contributed by atoms with Gasteiger partial charge >= 0.3 is 172 Å². The van der Waals surface area contributed by atoms with Gasteiger partial charge in [-0.3, -0.25) is 0 Å². The number of hydrogen-bond acceptors (Lipinski definition) is 2. The van der Waals surface area contributed by atoms with Crippen molar-refractivity contribution in [1.82, 2.24) is 0 Å². The van der Waals surface area contributed by atoms with Gasteiger partial charge < -0.3 is 0 Å². The van der Waals surface area contributed by atoms with Crippen LogP contribution in [0.3, 0.4) is 0 Å². The summed E-state index contributed by atoms with van der Waals surface area (Å²) in [5.74, 6) is 0.770. The molecular formula is C25H26O2Sn. The van der Waals surface area contributed by atoms with Gasteiger partial charge in [0.1, 0.15) is 0 Å². The molecule has 0 N–H and O–H groups in total. The third kappa shape index (κ3) is 3.81. The Labute approximate surface area is 171 Å². The van der Waals surface area contributed by atoms with Crippen LogP contribution in [0.2, 0.25) is 4.44 Å². The van der Waals surface area contributed by atoms with E-state index in [9.17, 15) is 4.79 Å². The normalized spacial score (nSPS) is 19.4. The van der Waals surface area contributed by atoms with Crippen LogP contribution in [0.15, 0.2) is 91.0 Å². The number of rotatable bonds is 7. The Morgan fingerprint density at radius 3 is 1.57 bits per heavy atom. The predicted octanol–water partition coefficient (Wildman–Crippen LogP) is 3.01. The topological polar surface area (TPSA) is 26.3 Å². The number of hydrogen-bond donors (Lipinski definition) is 0. The van der Waals surface area contributed by atoms with Crippen LogP contribution in [-0.4, -0.2) is 37.9 Å². The monoisotopic (exact) mass is 478 g/mol. The molecule has 2 nitrogen and oxygen atoms in total. The van der Waals surface area contributed by atoms with Crippen molar-refractivity contribution in [2.45, 2.75) is 10.9 Å². The van der Waals surface area contributed by atoms with Crippen molar-refractivity contribution in [2.75, 3.05) is 13.2 Å². The molecule has 3 heteroatoms. The second kappa shape index (κ2) is 9.06. The van der Waals surface area contributed by atoms with E-state index in [1.807, 2.05) is 0 Å². The fourth-order valence-corrected chi connectivity index (χ4v) is 19.6. The third-order valence-corrected chi connectivity index (χ3v) is 20.6. The first kappa shape index (κ1) is 19.4. The van der Waals surface area contributed by atoms with Crippen LogP contribution in [0, 0.1) is 11.8 Å². The first-order valence-corrected chi connectivity index (χ1v) is 16.3. The van der Waals surface area contributed by atoms with Crippen LogP contribution >= 0.6 is 0 Å². The third-order valence-electron chi connectivity index (χ3n) is 6.10. The van der Waals surface area contributed by atoms with Crippen molar-refractivity contribution in [3.05, 3.63) is 91.0 Å². The summed E-state index contributed by atoms with van der Waals surface area (Å²) in [5, 5.41) is 0. The number of aldehydes is 1. The van der Waals surface area contributed by atoms with E-state index in [0.717, 1.165) is 17.3 Å². The molecule has 0 saturated carbocycles. The zero-order valence-corrected chi connectivity index (χ0v) is 18.9. The van der Waals surface area contributed by atoms with Gasteiger partial charge in [-0.2, -0.15) is 0 Å². The zero-order chi connectivity index (χ0) is 19.2. The molecule has 0 spiro atoms. The molecule has 0 amide bonds. The molecule has 0 aromatic heterocycles. The molecule has 1 fully saturated rings. The van der Waals surface area contributed by atoms with Gasteiger partial charge in [0.15, 0.2) is 0 Å². The minimum absolute atomic E-state index is 0.338. The summed E-state index contributed by atoms with van der Waals surface area (Å²) >= 11 is -3.27. The van der Waals surface area contributed by atoms with Gasteiger partial charge in [-0.1, -0.05) is 0 Å². The quantitative estimate of drug-likeness (QED) is 0.387. The molecule has 1 aliphatic heterocycles. The standard InChI is InChI=1S/C7H11O2.3C6H5.Sn/c1-6-4-9-5-7(6)2-3-8;3*1-2-4-6-5-3-1;/h3,6-7H,1-2,4-5H2;3*1-5H;/t6-,7-;;;;/m1..../s1. The second-order valence-corrected chi connectivity index (χ2v) is 18.9. The Bertz CT molecular complexity index is 784. The van der Waals surface area contributed by atoms with Crippen molar-refractivity contribution in [2.24, 2.45) is 11.8 Å². The molecule has 1 aliphatic rings. The molecule has 4 rings (SSSR count). The fraction of sp³-hybridized carbons (Fsp3) is 0.240. The first-order valence-electron chi connectivity index (χ1n) is 10.0. The van der Waals surface area contributed by atoms with Crippen LogP contribution in [0.4, 0.5) is 0 Å². The molecule has 3 aromatic rings. The maximum absolute atomic E-state index is 11.2. The van der Waals surface area contributed by atoms with E-state index in [2.05, 4.69) is 91.0 Å². The molecule has 0 aliphatic carbocycles. The van der Waals surface area contributed by atoms with Gasteiger partial charge in [0, 0.05) is 0 Å². The number of ether oxygens (including phenoxy) is 1. The molecule has 0 unspecified atom stereocenters. The molecule has 0 bridgehead atoms. The molecule has 1 heterocycles. The van der Waals surface area contributed by atoms with Crippen LogP contribution in [-0.2, 0) is 9.53 Å². The summed E-state index contributed by atoms with van der Waals surface area (Å²) in [7, 11) is 0. The predicted molar refractivity (Wildman–Crippen MR) is 117 cm³/mol. The van der Waals surface area contributed by atoms with Crippen molar-refractivity contribution in [3.63, 3.8) is 0 Å². The second-order valence-electron chi connectivity index (χ2n) is 7.67. The summed E-state index contributed by atoms with van der Waals surface area (Å²) in [6.45, 7) is 1.48. The van der Waals surface area contributed by atoms with E-state index in [1.54, 1.807) is 0 Å². The van der Waals surface area contributed by atoms with Crippen LogP contribution < -0.4 is 10.7 Å². The van der Waals surface area contributed by atoms with Crippen molar-refractivity contribution in [1.29, 1.82) is 0 Å². The molecule has 0 radical (unpaired) electrons. The summed E-state index contributed by atoms with van der Waals surface area (Å²) in [6, 6.07) is 33.2. The summed E-state index contributed by atoms with van der Waals surface area (Å²) in [4.78, 5) is 11.2. The Morgan fingerprint density at radius 2 is 1.14 bits per heavy atom. The number of carbonyl (C=O) groups excluding carboxylic acids is 1. The Balaban J connectivity index is 1.89. The van der Waals surface area contributed by atoms with Crippen molar-refractivity contribution < 1.29 is 9.53 Å². The van der Waals surface area contributed by atoms with E-state index in [4.69, 9.17) is 4.74 Å². The molecule has 28 heavy (non-hydrogen) atoms. The summed E-state index contributed by atoms with van der Waals surface area (Å²) in [6.07, 6.45) is 1.67. The van der Waals surface area contributed by atoms with E-state index < -0.39 is 18.4 Å². The average molecular weight is 477 g/mol. The summed E-state index contributed by atoms with van der Waals surface area (Å²) in [5.41, 5.74) is 0. The zero-order valence-electron chi connectivity index (χ0n) is 16.0. The van der Waals surface area contributed by atoms with Crippen molar-refractivity contribution in [3.8, 4) is 0 Å².